The summed E-state index contributed by atoms with van der Waals surface area (Å²) in [6, 6.07) is 8.42. The van der Waals surface area contributed by atoms with Crippen LogP contribution in [0.4, 0.5) is 0 Å². The van der Waals surface area contributed by atoms with Gasteiger partial charge in [-0.1, -0.05) is 24.3 Å². The number of hydrogen-bond donors (Lipinski definition) is 2. The van der Waals surface area contributed by atoms with Crippen LogP contribution < -0.4 is 10.6 Å². The van der Waals surface area contributed by atoms with Crippen LogP contribution in [0.25, 0.3) is 0 Å². The third kappa shape index (κ3) is 9.99. The maximum absolute atomic E-state index is 11.7. The third-order valence-corrected chi connectivity index (χ3v) is 3.79. The summed E-state index contributed by atoms with van der Waals surface area (Å²) in [5.74, 6) is -0.00139. The van der Waals surface area contributed by atoms with E-state index in [4.69, 9.17) is 9.47 Å². The molecular formula is C17H29Cl2N3O3. The number of rotatable bonds is 9. The van der Waals surface area contributed by atoms with E-state index >= 15 is 0 Å². The predicted octanol–water partition coefficient (Wildman–Crippen LogP) is 1.21. The molecule has 1 amide bonds. The molecule has 8 heteroatoms. The molecule has 0 aliphatic carbocycles. The number of nitrogens with zero attached hydrogens (tertiary/aromatic N) is 1. The summed E-state index contributed by atoms with van der Waals surface area (Å²) in [5, 5.41) is 5.93. The lowest BCUT2D eigenvalue weighted by atomic mass is 10.1. The van der Waals surface area contributed by atoms with Crippen molar-refractivity contribution in [1.29, 1.82) is 0 Å². The maximum atomic E-state index is 11.7. The normalized spacial score (nSPS) is 14.3. The largest absolute Gasteiger partial charge is 0.383 e. The Kier molecular flexibility index (Phi) is 13.8. The summed E-state index contributed by atoms with van der Waals surface area (Å²) in [6.45, 7) is 6.76. The second-order valence-electron chi connectivity index (χ2n) is 5.65. The Morgan fingerprint density at radius 3 is 2.44 bits per heavy atom. The quantitative estimate of drug-likeness (QED) is 0.617. The minimum absolute atomic E-state index is 0. The van der Waals surface area contributed by atoms with Crippen molar-refractivity contribution < 1.29 is 14.3 Å². The van der Waals surface area contributed by atoms with Gasteiger partial charge >= 0.3 is 0 Å². The number of methoxy groups -OCH3 is 1. The van der Waals surface area contributed by atoms with Crippen LogP contribution in [-0.4, -0.2) is 63.9 Å². The molecule has 2 N–H and O–H groups in total. The van der Waals surface area contributed by atoms with Gasteiger partial charge < -0.3 is 20.1 Å². The zero-order valence-corrected chi connectivity index (χ0v) is 16.3. The number of carbonyl (C=O) groups excluding carboxylic acids is 1. The van der Waals surface area contributed by atoms with Crippen LogP contribution in [0.15, 0.2) is 24.3 Å². The molecule has 1 saturated heterocycles. The van der Waals surface area contributed by atoms with Crippen LogP contribution >= 0.6 is 24.8 Å². The van der Waals surface area contributed by atoms with Crippen LogP contribution in [0.2, 0.25) is 0 Å². The van der Waals surface area contributed by atoms with Gasteiger partial charge in [0.05, 0.1) is 26.4 Å². The first kappa shape index (κ1) is 24.1. The Hall–Kier alpha value is -0.890. The van der Waals surface area contributed by atoms with Gasteiger partial charge in [0.1, 0.15) is 0 Å². The smallest absolute Gasteiger partial charge is 0.234 e. The summed E-state index contributed by atoms with van der Waals surface area (Å²) >= 11 is 0. The predicted molar refractivity (Wildman–Crippen MR) is 104 cm³/mol. The number of carbonyl (C=O) groups is 1. The monoisotopic (exact) mass is 393 g/mol. The topological polar surface area (TPSA) is 62.8 Å². The summed E-state index contributed by atoms with van der Waals surface area (Å²) in [6.07, 6.45) is 0. The number of halogens is 2. The summed E-state index contributed by atoms with van der Waals surface area (Å²) < 4.78 is 10.3. The van der Waals surface area contributed by atoms with Gasteiger partial charge in [-0.15, -0.1) is 24.8 Å². The molecule has 1 heterocycles. The van der Waals surface area contributed by atoms with Gasteiger partial charge in [-0.2, -0.15) is 0 Å². The number of ether oxygens (including phenoxy) is 2. The van der Waals surface area contributed by atoms with Crippen molar-refractivity contribution in [2.24, 2.45) is 0 Å². The fourth-order valence-electron chi connectivity index (χ4n) is 2.42. The van der Waals surface area contributed by atoms with Crippen LogP contribution in [0.1, 0.15) is 11.1 Å². The summed E-state index contributed by atoms with van der Waals surface area (Å²) in [5.41, 5.74) is 2.41. The first-order valence-electron chi connectivity index (χ1n) is 8.12. The second kappa shape index (κ2) is 14.3. The van der Waals surface area contributed by atoms with Crippen molar-refractivity contribution in [2.45, 2.75) is 13.1 Å². The van der Waals surface area contributed by atoms with Gasteiger partial charge in [0.2, 0.25) is 5.91 Å². The lowest BCUT2D eigenvalue weighted by Gasteiger charge is -2.26. The van der Waals surface area contributed by atoms with Crippen molar-refractivity contribution in [3.63, 3.8) is 0 Å². The molecule has 0 saturated carbocycles. The van der Waals surface area contributed by atoms with E-state index in [2.05, 4.69) is 39.8 Å². The molecule has 0 spiro atoms. The van der Waals surface area contributed by atoms with E-state index in [0.717, 1.165) is 38.4 Å². The van der Waals surface area contributed by atoms with Crippen LogP contribution in [-0.2, 0) is 27.4 Å². The molecular weight excluding hydrogens is 365 g/mol. The van der Waals surface area contributed by atoms with Crippen LogP contribution in [0.3, 0.4) is 0 Å². The highest BCUT2D eigenvalue weighted by Gasteiger charge is 2.10. The lowest BCUT2D eigenvalue weighted by Crippen LogP contribution is -2.35. The van der Waals surface area contributed by atoms with Gasteiger partial charge in [-0.25, -0.2) is 0 Å². The minimum Gasteiger partial charge on any atom is -0.383 e. The van der Waals surface area contributed by atoms with Crippen molar-refractivity contribution in [3.05, 3.63) is 35.4 Å². The van der Waals surface area contributed by atoms with Gasteiger partial charge in [0, 0.05) is 39.8 Å². The molecule has 1 aliphatic heterocycles. The van der Waals surface area contributed by atoms with Crippen molar-refractivity contribution in [1.82, 2.24) is 15.5 Å². The average Bonchev–Trinajstić information content (AvgIpc) is 2.59. The molecule has 0 aromatic heterocycles. The number of nitrogens with one attached hydrogen (secondary N) is 2. The second-order valence-corrected chi connectivity index (χ2v) is 5.65. The lowest BCUT2D eigenvalue weighted by molar-refractivity contribution is -0.120. The SMILES string of the molecule is COCCNCC(=O)NCc1ccc(CN2CCOCC2)cc1.Cl.Cl. The number of morpholine rings is 1. The molecule has 1 fully saturated rings. The van der Waals surface area contributed by atoms with E-state index in [0.29, 0.717) is 26.2 Å². The molecule has 2 rings (SSSR count). The van der Waals surface area contributed by atoms with E-state index in [-0.39, 0.29) is 30.7 Å². The first-order chi connectivity index (χ1) is 11.3. The Labute approximate surface area is 162 Å². The van der Waals surface area contributed by atoms with E-state index in [1.807, 2.05) is 0 Å². The van der Waals surface area contributed by atoms with Gasteiger partial charge in [0.25, 0.3) is 0 Å². The molecule has 25 heavy (non-hydrogen) atoms. The van der Waals surface area contributed by atoms with E-state index in [9.17, 15) is 4.79 Å². The van der Waals surface area contributed by atoms with Crippen LogP contribution in [0, 0.1) is 0 Å². The van der Waals surface area contributed by atoms with Crippen molar-refractivity contribution in [2.75, 3.05) is 53.1 Å². The number of hydrogen-bond acceptors (Lipinski definition) is 5. The Morgan fingerprint density at radius 1 is 1.16 bits per heavy atom. The van der Waals surface area contributed by atoms with Crippen LogP contribution in [0.5, 0.6) is 0 Å². The summed E-state index contributed by atoms with van der Waals surface area (Å²) in [7, 11) is 1.64. The number of benzene rings is 1. The molecule has 0 radical (unpaired) electrons. The molecule has 0 atom stereocenters. The molecule has 1 aromatic rings. The van der Waals surface area contributed by atoms with Crippen molar-refractivity contribution >= 4 is 30.7 Å². The van der Waals surface area contributed by atoms with Crippen molar-refractivity contribution in [3.8, 4) is 0 Å². The molecule has 1 aromatic carbocycles. The standard InChI is InChI=1S/C17H27N3O3.2ClH/c1-22-9-6-18-13-17(21)19-12-15-2-4-16(5-3-15)14-20-7-10-23-11-8-20;;/h2-5,18H,6-14H2,1H3,(H,19,21);2*1H. The van der Waals surface area contributed by atoms with E-state index < -0.39 is 0 Å². The molecule has 0 bridgehead atoms. The third-order valence-electron chi connectivity index (χ3n) is 3.79. The number of amides is 1. The first-order valence-corrected chi connectivity index (χ1v) is 8.12. The minimum atomic E-state index is -0.00139. The zero-order valence-electron chi connectivity index (χ0n) is 14.7. The molecule has 1 aliphatic rings. The summed E-state index contributed by atoms with van der Waals surface area (Å²) in [4.78, 5) is 14.1. The van der Waals surface area contributed by atoms with E-state index in [1.165, 1.54) is 5.56 Å². The highest BCUT2D eigenvalue weighted by Crippen LogP contribution is 2.09. The fraction of sp³-hybridized carbons (Fsp3) is 0.588. The zero-order chi connectivity index (χ0) is 16.3. The molecule has 6 nitrogen and oxygen atoms in total. The van der Waals surface area contributed by atoms with E-state index in [1.54, 1.807) is 7.11 Å². The average molecular weight is 394 g/mol. The van der Waals surface area contributed by atoms with Gasteiger partial charge in [-0.3, -0.25) is 9.69 Å². The fourth-order valence-corrected chi connectivity index (χ4v) is 2.42. The highest BCUT2D eigenvalue weighted by molar-refractivity contribution is 5.85. The van der Waals surface area contributed by atoms with Gasteiger partial charge in [-0.05, 0) is 11.1 Å². The highest BCUT2D eigenvalue weighted by atomic mass is 35.5. The molecule has 0 unspecified atom stereocenters. The molecule has 144 valence electrons. The Balaban J connectivity index is 0.00000288. The maximum Gasteiger partial charge on any atom is 0.234 e. The Bertz CT molecular complexity index is 469. The van der Waals surface area contributed by atoms with Gasteiger partial charge in [0.15, 0.2) is 0 Å². The Morgan fingerprint density at radius 2 is 1.80 bits per heavy atom.